The highest BCUT2D eigenvalue weighted by atomic mass is 35.5. The van der Waals surface area contributed by atoms with Crippen molar-refractivity contribution in [3.63, 3.8) is 0 Å². The van der Waals surface area contributed by atoms with Gasteiger partial charge in [-0.2, -0.15) is 0 Å². The average Bonchev–Trinajstić information content (AvgIpc) is 2.46. The lowest BCUT2D eigenvalue weighted by Gasteiger charge is -2.39. The van der Waals surface area contributed by atoms with Crippen LogP contribution in [0.5, 0.6) is 5.75 Å². The summed E-state index contributed by atoms with van der Waals surface area (Å²) in [6.07, 6.45) is 0. The molecule has 1 atom stereocenters. The smallest absolute Gasteiger partial charge is 0.258 e. The molecule has 110 valence electrons. The molecule has 1 fully saturated rings. The number of carbonyl (C=O) groups is 1. The van der Waals surface area contributed by atoms with E-state index in [1.54, 1.807) is 18.2 Å². The van der Waals surface area contributed by atoms with Gasteiger partial charge < -0.3 is 20.3 Å². The highest BCUT2D eigenvalue weighted by Gasteiger charge is 2.30. The van der Waals surface area contributed by atoms with Crippen LogP contribution >= 0.6 is 11.6 Å². The average molecular weight is 298 g/mol. The third-order valence-corrected chi connectivity index (χ3v) is 3.85. The zero-order valence-electron chi connectivity index (χ0n) is 11.8. The molecular weight excluding hydrogens is 278 g/mol. The van der Waals surface area contributed by atoms with E-state index < -0.39 is 0 Å². The first-order valence-corrected chi connectivity index (χ1v) is 6.97. The fraction of sp³-hybridized carbons (Fsp3) is 0.500. The molecule has 0 aromatic heterocycles. The fourth-order valence-electron chi connectivity index (χ4n) is 2.48. The van der Waals surface area contributed by atoms with Crippen molar-refractivity contribution in [1.82, 2.24) is 9.80 Å². The van der Waals surface area contributed by atoms with E-state index in [1.165, 1.54) is 7.11 Å². The van der Waals surface area contributed by atoms with Gasteiger partial charge in [-0.05, 0) is 25.2 Å². The van der Waals surface area contributed by atoms with E-state index in [-0.39, 0.29) is 11.9 Å². The maximum atomic E-state index is 12.7. The Kier molecular flexibility index (Phi) is 4.86. The molecule has 6 heteroatoms. The molecule has 1 aromatic carbocycles. The van der Waals surface area contributed by atoms with Crippen molar-refractivity contribution in [2.24, 2.45) is 5.73 Å². The number of benzene rings is 1. The number of rotatable bonds is 3. The van der Waals surface area contributed by atoms with E-state index in [2.05, 4.69) is 4.90 Å². The van der Waals surface area contributed by atoms with Crippen LogP contribution < -0.4 is 10.5 Å². The van der Waals surface area contributed by atoms with Crippen molar-refractivity contribution in [1.29, 1.82) is 0 Å². The Morgan fingerprint density at radius 3 is 2.90 bits per heavy atom. The maximum absolute atomic E-state index is 12.7. The number of likely N-dealkylation sites (N-methyl/N-ethyl adjacent to an activating group) is 1. The van der Waals surface area contributed by atoms with Gasteiger partial charge in [0.15, 0.2) is 0 Å². The van der Waals surface area contributed by atoms with Crippen LogP contribution in [0.25, 0.3) is 0 Å². The van der Waals surface area contributed by atoms with E-state index in [0.717, 1.165) is 13.1 Å². The predicted octanol–water partition coefficient (Wildman–Crippen LogP) is 1.06. The summed E-state index contributed by atoms with van der Waals surface area (Å²) in [6, 6.07) is 5.09. The summed E-state index contributed by atoms with van der Waals surface area (Å²) in [6.45, 7) is 2.76. The summed E-state index contributed by atoms with van der Waals surface area (Å²) in [5, 5.41) is 0.548. The van der Waals surface area contributed by atoms with Gasteiger partial charge in [-0.1, -0.05) is 11.6 Å². The van der Waals surface area contributed by atoms with E-state index in [1.807, 2.05) is 11.9 Å². The SMILES string of the molecule is COc1cc(Cl)ccc1C(=O)N1CCN(C)CC1CN. The Labute approximate surface area is 124 Å². The first-order valence-electron chi connectivity index (χ1n) is 6.60. The molecule has 0 bridgehead atoms. The molecule has 5 nitrogen and oxygen atoms in total. The molecule has 2 rings (SSSR count). The molecule has 0 saturated carbocycles. The molecule has 1 saturated heterocycles. The van der Waals surface area contributed by atoms with Gasteiger partial charge >= 0.3 is 0 Å². The summed E-state index contributed by atoms with van der Waals surface area (Å²) in [5.74, 6) is 0.444. The van der Waals surface area contributed by atoms with Crippen LogP contribution in [0.15, 0.2) is 18.2 Å². The van der Waals surface area contributed by atoms with E-state index in [4.69, 9.17) is 22.1 Å². The summed E-state index contributed by atoms with van der Waals surface area (Å²) in [4.78, 5) is 16.7. The molecule has 20 heavy (non-hydrogen) atoms. The van der Waals surface area contributed by atoms with Crippen molar-refractivity contribution in [3.05, 3.63) is 28.8 Å². The fourth-order valence-corrected chi connectivity index (χ4v) is 2.64. The zero-order valence-corrected chi connectivity index (χ0v) is 12.6. The van der Waals surface area contributed by atoms with Gasteiger partial charge in [0.1, 0.15) is 5.75 Å². The first-order chi connectivity index (χ1) is 9.56. The van der Waals surface area contributed by atoms with Crippen molar-refractivity contribution in [2.75, 3.05) is 40.3 Å². The van der Waals surface area contributed by atoms with Crippen LogP contribution in [0, 0.1) is 0 Å². The number of ether oxygens (including phenoxy) is 1. The Balaban J connectivity index is 2.26. The minimum Gasteiger partial charge on any atom is -0.496 e. The predicted molar refractivity (Wildman–Crippen MR) is 79.4 cm³/mol. The van der Waals surface area contributed by atoms with Gasteiger partial charge in [-0.25, -0.2) is 0 Å². The second-order valence-corrected chi connectivity index (χ2v) is 5.43. The molecule has 2 N–H and O–H groups in total. The number of methoxy groups -OCH3 is 1. The number of nitrogens with two attached hydrogens (primary N) is 1. The number of hydrogen-bond donors (Lipinski definition) is 1. The third kappa shape index (κ3) is 3.06. The van der Waals surface area contributed by atoms with Gasteiger partial charge in [-0.15, -0.1) is 0 Å². The van der Waals surface area contributed by atoms with E-state index in [0.29, 0.717) is 29.4 Å². The molecule has 1 aliphatic heterocycles. The number of carbonyl (C=O) groups excluding carboxylic acids is 1. The first kappa shape index (κ1) is 15.1. The number of hydrogen-bond acceptors (Lipinski definition) is 4. The van der Waals surface area contributed by atoms with E-state index in [9.17, 15) is 4.79 Å². The lowest BCUT2D eigenvalue weighted by molar-refractivity contribution is 0.0513. The normalized spacial score (nSPS) is 20.0. The van der Waals surface area contributed by atoms with Crippen LogP contribution in [0.3, 0.4) is 0 Å². The summed E-state index contributed by atoms with van der Waals surface area (Å²) in [7, 11) is 3.57. The minimum atomic E-state index is -0.0536. The molecule has 1 amide bonds. The molecule has 1 heterocycles. The van der Waals surface area contributed by atoms with Crippen LogP contribution in [0.2, 0.25) is 5.02 Å². The molecule has 1 aliphatic rings. The number of halogens is 1. The Morgan fingerprint density at radius 1 is 1.50 bits per heavy atom. The van der Waals surface area contributed by atoms with Gasteiger partial charge in [0.2, 0.25) is 0 Å². The lowest BCUT2D eigenvalue weighted by Crippen LogP contribution is -2.56. The highest BCUT2D eigenvalue weighted by Crippen LogP contribution is 2.25. The van der Waals surface area contributed by atoms with Crippen molar-refractivity contribution in [3.8, 4) is 5.75 Å². The molecule has 0 aliphatic carbocycles. The second kappa shape index (κ2) is 6.43. The van der Waals surface area contributed by atoms with Gasteiger partial charge in [0.25, 0.3) is 5.91 Å². The minimum absolute atomic E-state index is 0.0293. The molecule has 1 aromatic rings. The standard InChI is InChI=1S/C14H20ClN3O2/c1-17-5-6-18(11(8-16)9-17)14(19)12-4-3-10(15)7-13(12)20-2/h3-4,7,11H,5-6,8-9,16H2,1-2H3. The Hall–Kier alpha value is -1.30. The summed E-state index contributed by atoms with van der Waals surface area (Å²) in [5.41, 5.74) is 6.32. The number of piperazine rings is 1. The zero-order chi connectivity index (χ0) is 14.7. The van der Waals surface area contributed by atoms with Gasteiger partial charge in [0.05, 0.1) is 18.7 Å². The summed E-state index contributed by atoms with van der Waals surface area (Å²) < 4.78 is 5.25. The topological polar surface area (TPSA) is 58.8 Å². The second-order valence-electron chi connectivity index (χ2n) is 4.99. The number of amides is 1. The third-order valence-electron chi connectivity index (χ3n) is 3.61. The van der Waals surface area contributed by atoms with Crippen molar-refractivity contribution in [2.45, 2.75) is 6.04 Å². The largest absolute Gasteiger partial charge is 0.496 e. The van der Waals surface area contributed by atoms with E-state index >= 15 is 0 Å². The van der Waals surface area contributed by atoms with Crippen LogP contribution in [0.4, 0.5) is 0 Å². The summed E-state index contributed by atoms with van der Waals surface area (Å²) >= 11 is 5.93. The number of nitrogens with zero attached hydrogens (tertiary/aromatic N) is 2. The molecule has 0 spiro atoms. The van der Waals surface area contributed by atoms with Crippen molar-refractivity contribution >= 4 is 17.5 Å². The van der Waals surface area contributed by atoms with Crippen molar-refractivity contribution < 1.29 is 9.53 Å². The molecule has 1 unspecified atom stereocenters. The highest BCUT2D eigenvalue weighted by molar-refractivity contribution is 6.30. The van der Waals surface area contributed by atoms with Gasteiger partial charge in [0, 0.05) is 31.2 Å². The molecule has 0 radical (unpaired) electrons. The van der Waals surface area contributed by atoms with Crippen LogP contribution in [-0.2, 0) is 0 Å². The molecular formula is C14H20ClN3O2. The Morgan fingerprint density at radius 2 is 2.25 bits per heavy atom. The Bertz CT molecular complexity index is 495. The quantitative estimate of drug-likeness (QED) is 0.906. The van der Waals surface area contributed by atoms with Crippen LogP contribution in [0.1, 0.15) is 10.4 Å². The monoisotopic (exact) mass is 297 g/mol. The lowest BCUT2D eigenvalue weighted by atomic mass is 10.1. The van der Waals surface area contributed by atoms with Gasteiger partial charge in [-0.3, -0.25) is 4.79 Å². The van der Waals surface area contributed by atoms with Crippen LogP contribution in [-0.4, -0.2) is 62.1 Å². The maximum Gasteiger partial charge on any atom is 0.258 e.